The Morgan fingerprint density at radius 2 is 0.640 bits per heavy atom. The molecule has 0 radical (unpaired) electrons. The molecule has 0 spiro atoms. The average Bonchev–Trinajstić information content (AvgIpc) is 1.81. The van der Waals surface area contributed by atoms with Crippen LogP contribution in [0.4, 0.5) is 0 Å². The molecular formula is C94H72N14O15S2. The highest BCUT2D eigenvalue weighted by molar-refractivity contribution is 7.12. The van der Waals surface area contributed by atoms with Crippen molar-refractivity contribution in [2.24, 2.45) is 0 Å². The van der Waals surface area contributed by atoms with Gasteiger partial charge < -0.3 is 44.8 Å². The van der Waals surface area contributed by atoms with Gasteiger partial charge in [0.15, 0.2) is 11.5 Å². The van der Waals surface area contributed by atoms with Crippen LogP contribution >= 0.6 is 22.7 Å². The predicted octanol–water partition coefficient (Wildman–Crippen LogP) is 18.5. The topological polar surface area (TPSA) is 384 Å². The summed E-state index contributed by atoms with van der Waals surface area (Å²) < 4.78 is 27.0. The minimum Gasteiger partial charge on any atom is -0.494 e. The van der Waals surface area contributed by atoms with Gasteiger partial charge in [0.2, 0.25) is 0 Å². The fourth-order valence-corrected chi connectivity index (χ4v) is 13.6. The van der Waals surface area contributed by atoms with E-state index in [-0.39, 0.29) is 33.4 Å². The van der Waals surface area contributed by atoms with E-state index in [9.17, 15) is 28.8 Å². The highest BCUT2D eigenvalue weighted by Gasteiger charge is 2.18. The Hall–Kier alpha value is -17.1. The van der Waals surface area contributed by atoms with Crippen LogP contribution in [0.3, 0.4) is 0 Å². The van der Waals surface area contributed by atoms with Crippen LogP contribution in [-0.2, 0) is 0 Å². The quantitative estimate of drug-likeness (QED) is 0.0413. The van der Waals surface area contributed by atoms with Crippen molar-refractivity contribution in [3.63, 3.8) is 0 Å². The van der Waals surface area contributed by atoms with Gasteiger partial charge in [0.05, 0.1) is 109 Å². The SMILES string of the molecule is CCOc1ccc(-n2ccc(-c3cccc(C(=O)O)c3)n2)cc1.O=C(O)c1ccc(-c2ccn(-c3cccnc3)n2)cc1.O=C(O)c1ccc(-c2ccn(-c3cccs3)n2)cc1.O=C(O)c1cccc(-c2ccn(-c3ccc4c(c3)OCCO4)n2)c1.O=C(O)c1cccc(-c2ccn(-c3cccnc3)n2)c1.O=C(O)c1cccc(-c2ccn(-c3cccs3)n2)c1. The molecule has 10 aromatic heterocycles. The summed E-state index contributed by atoms with van der Waals surface area (Å²) in [6, 6.07) is 80.2. The first-order chi connectivity index (χ1) is 60.8. The highest BCUT2D eigenvalue weighted by Crippen LogP contribution is 2.34. The molecule has 8 aromatic carbocycles. The number of thiophene rings is 2. The molecule has 19 rings (SSSR count). The van der Waals surface area contributed by atoms with Gasteiger partial charge in [-0.25, -0.2) is 56.9 Å². The van der Waals surface area contributed by atoms with Crippen LogP contribution in [0.2, 0.25) is 0 Å². The van der Waals surface area contributed by atoms with Gasteiger partial charge in [0.1, 0.15) is 29.0 Å². The summed E-state index contributed by atoms with van der Waals surface area (Å²) in [4.78, 5) is 73.8. The standard InChI is InChI=1S/C18H14N2O4.C18H16N2O3.2C15H11N3O2.2C14H10N2O2S/c21-18(22)13-3-1-2-12(10-13)15-6-7-20(19-15)14-4-5-16-17(11-14)24-9-8-23-16;1-2-23-16-8-6-15(7-9-16)20-11-10-17(19-20)13-4-3-5-14(12-13)18(21)22;19-15(20)12-4-1-3-11(9-12)14-6-8-18(17-14)13-5-2-7-16-10-13;19-15(20)12-5-3-11(4-6-12)14-7-9-18(17-14)13-2-1-8-16-10-13;17-14(18)11-4-1-3-10(9-11)12-6-7-16(15-12)13-5-2-8-19-13;17-14(18)11-5-3-10(4-6-11)12-7-8-16(15-12)13-2-1-9-19-13/h1-7,10-11H,8-9H2,(H,21,22);3-12H,2H2,1H3,(H,21,22);2*1-10H,(H,19,20);2*1-9H,(H,17,18). The van der Waals surface area contributed by atoms with Crippen LogP contribution in [0, 0.1) is 0 Å². The lowest BCUT2D eigenvalue weighted by Gasteiger charge is -2.18. The first kappa shape index (κ1) is 84.4. The molecule has 1 aliphatic heterocycles. The molecule has 18 aromatic rings. The van der Waals surface area contributed by atoms with E-state index in [0.29, 0.717) is 31.3 Å². The molecule has 11 heterocycles. The van der Waals surface area contributed by atoms with Gasteiger partial charge in [0.25, 0.3) is 0 Å². The number of aromatic nitrogens is 14. The van der Waals surface area contributed by atoms with Crippen molar-refractivity contribution in [2.75, 3.05) is 19.8 Å². The zero-order chi connectivity index (χ0) is 87.1. The van der Waals surface area contributed by atoms with E-state index >= 15 is 0 Å². The van der Waals surface area contributed by atoms with Crippen molar-refractivity contribution in [1.82, 2.24) is 68.7 Å². The molecule has 1 aliphatic rings. The Morgan fingerprint density at radius 1 is 0.312 bits per heavy atom. The second-order valence-electron chi connectivity index (χ2n) is 26.8. The van der Waals surface area contributed by atoms with Crippen LogP contribution in [-0.4, -0.2) is 155 Å². The number of hydrogen-bond donors (Lipinski definition) is 6. The fourth-order valence-electron chi connectivity index (χ4n) is 12.3. The summed E-state index contributed by atoms with van der Waals surface area (Å²) in [6.07, 6.45) is 17.9. The van der Waals surface area contributed by atoms with Crippen LogP contribution < -0.4 is 14.2 Å². The Labute approximate surface area is 720 Å². The number of hydrogen-bond acceptors (Lipinski definition) is 19. The number of pyridine rings is 2. The number of aromatic carboxylic acids is 6. The third-order valence-electron chi connectivity index (χ3n) is 18.5. The van der Waals surface area contributed by atoms with Crippen molar-refractivity contribution in [3.05, 3.63) is 379 Å². The molecule has 0 unspecified atom stereocenters. The summed E-state index contributed by atoms with van der Waals surface area (Å²) in [5, 5.41) is 86.8. The van der Waals surface area contributed by atoms with Gasteiger partial charge in [-0.1, -0.05) is 72.8 Å². The van der Waals surface area contributed by atoms with Crippen molar-refractivity contribution in [1.29, 1.82) is 0 Å². The molecular weight excluding hydrogens is 1630 g/mol. The van der Waals surface area contributed by atoms with Crippen LogP contribution in [0.25, 0.3) is 100 Å². The molecule has 0 fully saturated rings. The van der Waals surface area contributed by atoms with Gasteiger partial charge in [-0.3, -0.25) is 9.97 Å². The number of carboxylic acids is 6. The smallest absolute Gasteiger partial charge is 0.335 e. The maximum absolute atomic E-state index is 11.1. The molecule has 620 valence electrons. The average molecular weight is 1700 g/mol. The Morgan fingerprint density at radius 3 is 0.976 bits per heavy atom. The molecule has 0 saturated heterocycles. The van der Waals surface area contributed by atoms with Gasteiger partial charge >= 0.3 is 35.8 Å². The number of rotatable bonds is 20. The van der Waals surface area contributed by atoms with E-state index in [1.807, 2.05) is 211 Å². The summed E-state index contributed by atoms with van der Waals surface area (Å²) >= 11 is 3.21. The van der Waals surface area contributed by atoms with Crippen LogP contribution in [0.15, 0.2) is 346 Å². The fraction of sp³-hybridized carbons (Fsp3) is 0.0426. The highest BCUT2D eigenvalue weighted by atomic mass is 32.1. The molecule has 0 aliphatic carbocycles. The second kappa shape index (κ2) is 40.1. The molecule has 125 heavy (non-hydrogen) atoms. The zero-order valence-corrected chi connectivity index (χ0v) is 67.6. The van der Waals surface area contributed by atoms with Crippen LogP contribution in [0.1, 0.15) is 69.1 Å². The van der Waals surface area contributed by atoms with Crippen molar-refractivity contribution in [2.45, 2.75) is 6.92 Å². The molecule has 0 amide bonds. The minimum atomic E-state index is -0.955. The number of carboxylic acid groups (broad SMARTS) is 6. The normalized spacial score (nSPS) is 10.9. The van der Waals surface area contributed by atoms with Crippen molar-refractivity contribution < 1.29 is 73.6 Å². The van der Waals surface area contributed by atoms with Gasteiger partial charge in [-0.05, 0) is 212 Å². The van der Waals surface area contributed by atoms with Gasteiger partial charge in [-0.2, -0.15) is 30.6 Å². The van der Waals surface area contributed by atoms with E-state index < -0.39 is 35.8 Å². The molecule has 0 saturated carbocycles. The van der Waals surface area contributed by atoms with E-state index in [1.165, 1.54) is 0 Å². The maximum atomic E-state index is 11.1. The van der Waals surface area contributed by atoms with E-state index in [2.05, 4.69) is 40.6 Å². The predicted molar refractivity (Wildman–Crippen MR) is 469 cm³/mol. The van der Waals surface area contributed by atoms with Crippen molar-refractivity contribution >= 4 is 58.5 Å². The first-order valence-electron chi connectivity index (χ1n) is 38.2. The Balaban J connectivity index is 0.000000122. The molecule has 0 atom stereocenters. The van der Waals surface area contributed by atoms with Gasteiger partial charge in [-0.15, -0.1) is 22.7 Å². The largest absolute Gasteiger partial charge is 0.494 e. The molecule has 31 heteroatoms. The third-order valence-corrected chi connectivity index (χ3v) is 20.2. The van der Waals surface area contributed by atoms with Gasteiger partial charge in [0, 0.05) is 89.0 Å². The number of fused-ring (bicyclic) bond motifs is 1. The monoisotopic (exact) mass is 1700 g/mol. The lowest BCUT2D eigenvalue weighted by Crippen LogP contribution is -2.15. The molecule has 0 bridgehead atoms. The summed E-state index contributed by atoms with van der Waals surface area (Å²) in [5.74, 6) is -3.39. The van der Waals surface area contributed by atoms with E-state index in [1.54, 1.807) is 192 Å². The number of nitrogens with zero attached hydrogens (tertiary/aromatic N) is 14. The van der Waals surface area contributed by atoms with Crippen LogP contribution in [0.5, 0.6) is 17.2 Å². The Kier molecular flexibility index (Phi) is 27.1. The lowest BCUT2D eigenvalue weighted by atomic mass is 10.1. The first-order valence-corrected chi connectivity index (χ1v) is 40.0. The second-order valence-corrected chi connectivity index (χ2v) is 28.6. The number of ether oxygens (including phenoxy) is 3. The lowest BCUT2D eigenvalue weighted by molar-refractivity contribution is 0.0686. The summed E-state index contributed by atoms with van der Waals surface area (Å²) in [7, 11) is 0. The minimum absolute atomic E-state index is 0.237. The zero-order valence-electron chi connectivity index (χ0n) is 66.0. The number of benzene rings is 8. The number of carbonyl (C=O) groups is 6. The summed E-state index contributed by atoms with van der Waals surface area (Å²) in [6.45, 7) is 3.66. The van der Waals surface area contributed by atoms with E-state index in [0.717, 1.165) is 106 Å². The molecule has 6 N–H and O–H groups in total. The third kappa shape index (κ3) is 21.9. The maximum Gasteiger partial charge on any atom is 0.335 e. The Bertz CT molecular complexity index is 6730. The summed E-state index contributed by atoms with van der Waals surface area (Å²) in [5.41, 5.74) is 14.4. The van der Waals surface area contributed by atoms with Crippen molar-refractivity contribution in [3.8, 4) is 118 Å². The van der Waals surface area contributed by atoms with E-state index in [4.69, 9.17) is 44.8 Å². The molecule has 29 nitrogen and oxygen atoms in total.